The van der Waals surface area contributed by atoms with Gasteiger partial charge in [0.1, 0.15) is 11.3 Å². The first-order valence-electron chi connectivity index (χ1n) is 5.59. The number of aldehydes is 1. The van der Waals surface area contributed by atoms with Crippen LogP contribution in [-0.4, -0.2) is 15.7 Å². The molecule has 0 spiro atoms. The number of hydrogen-bond donors (Lipinski definition) is 0. The molecule has 0 aliphatic heterocycles. The molecule has 0 unspecified atom stereocenters. The van der Waals surface area contributed by atoms with Crippen LogP contribution in [0.2, 0.25) is 0 Å². The normalized spacial score (nSPS) is 17.6. The minimum Gasteiger partial charge on any atom is -0.296 e. The number of aromatic nitrogens is 2. The van der Waals surface area contributed by atoms with E-state index in [4.69, 9.17) is 0 Å². The van der Waals surface area contributed by atoms with E-state index in [0.717, 1.165) is 41.9 Å². The first-order valence-corrected chi connectivity index (χ1v) is 5.59. The zero-order valence-corrected chi connectivity index (χ0v) is 9.53. The Labute approximate surface area is 94.1 Å². The molecule has 2 heterocycles. The molecule has 1 saturated carbocycles. The summed E-state index contributed by atoms with van der Waals surface area (Å²) in [6.45, 7) is 4.18. The van der Waals surface area contributed by atoms with E-state index in [0.29, 0.717) is 0 Å². The van der Waals surface area contributed by atoms with Gasteiger partial charge in [-0.25, -0.2) is 4.98 Å². The number of hydrogen-bond acceptors (Lipinski definition) is 2. The predicted molar refractivity (Wildman–Crippen MR) is 61.9 cm³/mol. The quantitative estimate of drug-likeness (QED) is 0.720. The Morgan fingerprint density at radius 3 is 2.81 bits per heavy atom. The Morgan fingerprint density at radius 1 is 1.44 bits per heavy atom. The maximum atomic E-state index is 11.3. The van der Waals surface area contributed by atoms with Gasteiger partial charge in [0.2, 0.25) is 0 Å². The molecular weight excluding hydrogens is 200 g/mol. The highest BCUT2D eigenvalue weighted by Crippen LogP contribution is 2.48. The zero-order valence-electron chi connectivity index (χ0n) is 9.53. The lowest BCUT2D eigenvalue weighted by Gasteiger charge is -2.05. The number of imidazole rings is 1. The lowest BCUT2D eigenvalue weighted by Crippen LogP contribution is -2.05. The van der Waals surface area contributed by atoms with Gasteiger partial charge in [0.05, 0.1) is 5.69 Å². The van der Waals surface area contributed by atoms with Crippen LogP contribution in [0.15, 0.2) is 18.2 Å². The Morgan fingerprint density at radius 2 is 2.19 bits per heavy atom. The average molecular weight is 214 g/mol. The van der Waals surface area contributed by atoms with Crippen molar-refractivity contribution < 1.29 is 4.79 Å². The van der Waals surface area contributed by atoms with Gasteiger partial charge in [0, 0.05) is 11.1 Å². The highest BCUT2D eigenvalue weighted by atomic mass is 16.1. The van der Waals surface area contributed by atoms with Crippen molar-refractivity contribution in [2.45, 2.75) is 32.1 Å². The van der Waals surface area contributed by atoms with Crippen LogP contribution in [0.4, 0.5) is 0 Å². The first kappa shape index (κ1) is 9.58. The number of nitrogens with zero attached hydrogens (tertiary/aromatic N) is 2. The molecule has 0 radical (unpaired) electrons. The van der Waals surface area contributed by atoms with Crippen LogP contribution in [0.1, 0.15) is 41.6 Å². The van der Waals surface area contributed by atoms with Crippen LogP contribution in [0.25, 0.3) is 5.65 Å². The van der Waals surface area contributed by atoms with Crippen LogP contribution in [0, 0.1) is 6.92 Å². The molecule has 0 saturated heterocycles. The number of aryl methyl sites for hydroxylation is 1. The van der Waals surface area contributed by atoms with Gasteiger partial charge in [0.25, 0.3) is 0 Å². The highest BCUT2D eigenvalue weighted by molar-refractivity contribution is 5.78. The largest absolute Gasteiger partial charge is 0.296 e. The molecule has 0 aromatic carbocycles. The smallest absolute Gasteiger partial charge is 0.168 e. The topological polar surface area (TPSA) is 34.4 Å². The van der Waals surface area contributed by atoms with Crippen molar-refractivity contribution in [2.75, 3.05) is 0 Å². The highest BCUT2D eigenvalue weighted by Gasteiger charge is 2.43. The van der Waals surface area contributed by atoms with Gasteiger partial charge in [0.15, 0.2) is 6.29 Å². The average Bonchev–Trinajstić information content (AvgIpc) is 2.89. The van der Waals surface area contributed by atoms with Gasteiger partial charge in [-0.2, -0.15) is 0 Å². The molecule has 0 amide bonds. The van der Waals surface area contributed by atoms with Gasteiger partial charge in [-0.15, -0.1) is 0 Å². The maximum Gasteiger partial charge on any atom is 0.168 e. The Bertz CT molecular complexity index is 579. The molecule has 82 valence electrons. The molecule has 3 rings (SSSR count). The van der Waals surface area contributed by atoms with Gasteiger partial charge >= 0.3 is 0 Å². The molecule has 3 nitrogen and oxygen atoms in total. The predicted octanol–water partition coefficient (Wildman–Crippen LogP) is 2.51. The summed E-state index contributed by atoms with van der Waals surface area (Å²) < 4.78 is 1.95. The van der Waals surface area contributed by atoms with Crippen molar-refractivity contribution in [3.63, 3.8) is 0 Å². The summed E-state index contributed by atoms with van der Waals surface area (Å²) in [7, 11) is 0. The lowest BCUT2D eigenvalue weighted by molar-refractivity contribution is 0.111. The molecule has 16 heavy (non-hydrogen) atoms. The summed E-state index contributed by atoms with van der Waals surface area (Å²) >= 11 is 0. The monoisotopic (exact) mass is 214 g/mol. The zero-order chi connectivity index (χ0) is 11.3. The second kappa shape index (κ2) is 2.94. The number of pyridine rings is 1. The van der Waals surface area contributed by atoms with Gasteiger partial charge in [-0.3, -0.25) is 9.20 Å². The van der Waals surface area contributed by atoms with Crippen molar-refractivity contribution in [1.29, 1.82) is 0 Å². The Balaban J connectivity index is 2.38. The molecule has 1 fully saturated rings. The minimum atomic E-state index is 0.134. The minimum absolute atomic E-state index is 0.134. The summed E-state index contributed by atoms with van der Waals surface area (Å²) in [4.78, 5) is 15.9. The SMILES string of the molecule is Cc1cccc2nc(C3(C)CC3)c(C=O)n12. The third-order valence-corrected chi connectivity index (χ3v) is 3.56. The molecule has 0 atom stereocenters. The van der Waals surface area contributed by atoms with E-state index in [1.54, 1.807) is 0 Å². The van der Waals surface area contributed by atoms with Crippen LogP contribution >= 0.6 is 0 Å². The van der Waals surface area contributed by atoms with E-state index < -0.39 is 0 Å². The fourth-order valence-electron chi connectivity index (χ4n) is 2.26. The summed E-state index contributed by atoms with van der Waals surface area (Å²) in [5.74, 6) is 0. The summed E-state index contributed by atoms with van der Waals surface area (Å²) in [5.41, 5.74) is 3.77. The number of fused-ring (bicyclic) bond motifs is 1. The second-order valence-electron chi connectivity index (χ2n) is 4.88. The fourth-order valence-corrected chi connectivity index (χ4v) is 2.26. The van der Waals surface area contributed by atoms with Crippen LogP contribution in [-0.2, 0) is 5.41 Å². The van der Waals surface area contributed by atoms with Crippen molar-refractivity contribution >= 4 is 11.9 Å². The lowest BCUT2D eigenvalue weighted by atomic mass is 10.0. The van der Waals surface area contributed by atoms with Crippen LogP contribution in [0.3, 0.4) is 0 Å². The molecule has 1 aliphatic rings. The van der Waals surface area contributed by atoms with Crippen molar-refractivity contribution in [3.8, 4) is 0 Å². The number of carbonyl (C=O) groups excluding carboxylic acids is 1. The molecule has 0 N–H and O–H groups in total. The van der Waals surface area contributed by atoms with Crippen LogP contribution in [0.5, 0.6) is 0 Å². The molecule has 2 aromatic heterocycles. The second-order valence-corrected chi connectivity index (χ2v) is 4.88. The molecule has 1 aliphatic carbocycles. The number of rotatable bonds is 2. The molecular formula is C13H14N2O. The van der Waals surface area contributed by atoms with Gasteiger partial charge in [-0.1, -0.05) is 13.0 Å². The third-order valence-electron chi connectivity index (χ3n) is 3.56. The fraction of sp³-hybridized carbons (Fsp3) is 0.385. The van der Waals surface area contributed by atoms with Gasteiger partial charge < -0.3 is 0 Å². The maximum absolute atomic E-state index is 11.3. The molecule has 3 heteroatoms. The van der Waals surface area contributed by atoms with E-state index >= 15 is 0 Å². The summed E-state index contributed by atoms with van der Waals surface area (Å²) in [6.07, 6.45) is 3.21. The summed E-state index contributed by atoms with van der Waals surface area (Å²) in [5, 5.41) is 0. The van der Waals surface area contributed by atoms with Crippen LogP contribution < -0.4 is 0 Å². The standard InChI is InChI=1S/C13H14N2O/c1-9-4-3-5-11-14-12(13(2)6-7-13)10(8-16)15(9)11/h3-5,8H,6-7H2,1-2H3. The van der Waals surface area contributed by atoms with Crippen molar-refractivity contribution in [1.82, 2.24) is 9.38 Å². The third kappa shape index (κ3) is 1.14. The number of carbonyl (C=O) groups is 1. The van der Waals surface area contributed by atoms with E-state index in [2.05, 4.69) is 11.9 Å². The first-order chi connectivity index (χ1) is 7.65. The van der Waals surface area contributed by atoms with E-state index in [9.17, 15) is 4.79 Å². The van der Waals surface area contributed by atoms with Gasteiger partial charge in [-0.05, 0) is 31.9 Å². The summed E-state index contributed by atoms with van der Waals surface area (Å²) in [6, 6.07) is 5.93. The molecule has 2 aromatic rings. The van der Waals surface area contributed by atoms with E-state index in [1.165, 1.54) is 0 Å². The molecule has 0 bridgehead atoms. The Kier molecular flexibility index (Phi) is 1.76. The Hall–Kier alpha value is -1.64. The van der Waals surface area contributed by atoms with E-state index in [1.807, 2.05) is 29.5 Å². The van der Waals surface area contributed by atoms with Crippen molar-refractivity contribution in [2.24, 2.45) is 0 Å². The van der Waals surface area contributed by atoms with Crippen molar-refractivity contribution in [3.05, 3.63) is 35.3 Å². The van der Waals surface area contributed by atoms with E-state index in [-0.39, 0.29) is 5.41 Å².